The number of para-hydroxylation sites is 1. The molecule has 2 aromatic rings. The van der Waals surface area contributed by atoms with Crippen molar-refractivity contribution in [1.29, 1.82) is 0 Å². The Kier molecular flexibility index (Phi) is 5.96. The highest BCUT2D eigenvalue weighted by Crippen LogP contribution is 2.34. The van der Waals surface area contributed by atoms with Gasteiger partial charge in [-0.25, -0.2) is 13.1 Å². The molecule has 0 saturated heterocycles. The summed E-state index contributed by atoms with van der Waals surface area (Å²) < 4.78 is 78.7. The smallest absolute Gasteiger partial charge is 0.435 e. The second-order valence-corrected chi connectivity index (χ2v) is 7.81. The minimum absolute atomic E-state index is 0.0169. The minimum Gasteiger partial charge on any atom is -0.492 e. The zero-order valence-corrected chi connectivity index (χ0v) is 15.9. The maximum atomic E-state index is 13.2. The molecule has 11 heteroatoms. The molecular formula is C17H20F3N3O4S. The number of nitrogens with one attached hydrogen (secondary N) is 1. The Morgan fingerprint density at radius 1 is 1.32 bits per heavy atom. The van der Waals surface area contributed by atoms with E-state index in [0.717, 1.165) is 0 Å². The van der Waals surface area contributed by atoms with Gasteiger partial charge in [0.1, 0.15) is 10.6 Å². The van der Waals surface area contributed by atoms with E-state index in [1.165, 1.54) is 16.8 Å². The van der Waals surface area contributed by atoms with Gasteiger partial charge in [-0.3, -0.25) is 4.68 Å². The molecule has 0 aliphatic carbocycles. The third-order valence-corrected chi connectivity index (χ3v) is 5.72. The molecule has 0 fully saturated rings. The molecule has 2 heterocycles. The summed E-state index contributed by atoms with van der Waals surface area (Å²) >= 11 is 0. The highest BCUT2D eigenvalue weighted by molar-refractivity contribution is 7.89. The van der Waals surface area contributed by atoms with Gasteiger partial charge in [0.25, 0.3) is 0 Å². The van der Waals surface area contributed by atoms with Gasteiger partial charge in [-0.05, 0) is 19.1 Å². The molecule has 1 aromatic heterocycles. The Balaban J connectivity index is 1.76. The van der Waals surface area contributed by atoms with Crippen LogP contribution in [-0.4, -0.2) is 38.0 Å². The van der Waals surface area contributed by atoms with Crippen LogP contribution in [0.2, 0.25) is 0 Å². The number of benzene rings is 1. The lowest BCUT2D eigenvalue weighted by molar-refractivity contribution is -0.142. The van der Waals surface area contributed by atoms with Crippen LogP contribution in [0.15, 0.2) is 29.2 Å². The standard InChI is InChI=1S/C17H20F3N3O4S/c1-2-27-14-5-3-4-6-15(14)28(24,25)21-8-9-23-13-7-10-26-11-12(13)16(22-23)17(18,19)20/h3-6,21H,2,7-11H2,1H3. The molecule has 0 amide bonds. The minimum atomic E-state index is -4.59. The molecule has 0 unspecified atom stereocenters. The van der Waals surface area contributed by atoms with E-state index in [-0.39, 0.29) is 35.9 Å². The van der Waals surface area contributed by atoms with E-state index >= 15 is 0 Å². The average molecular weight is 419 g/mol. The number of hydrogen-bond acceptors (Lipinski definition) is 5. The van der Waals surface area contributed by atoms with Crippen LogP contribution in [0.4, 0.5) is 13.2 Å². The maximum Gasteiger partial charge on any atom is 0.435 e. The lowest BCUT2D eigenvalue weighted by atomic mass is 10.1. The van der Waals surface area contributed by atoms with Crippen LogP contribution in [0.25, 0.3) is 0 Å². The topological polar surface area (TPSA) is 82.5 Å². The third-order valence-electron chi connectivity index (χ3n) is 4.22. The third kappa shape index (κ3) is 4.31. The monoisotopic (exact) mass is 419 g/mol. The van der Waals surface area contributed by atoms with E-state index in [4.69, 9.17) is 9.47 Å². The molecule has 0 bridgehead atoms. The lowest BCUT2D eigenvalue weighted by Crippen LogP contribution is -2.29. The van der Waals surface area contributed by atoms with E-state index < -0.39 is 21.9 Å². The van der Waals surface area contributed by atoms with Crippen molar-refractivity contribution in [3.63, 3.8) is 0 Å². The number of alkyl halides is 3. The largest absolute Gasteiger partial charge is 0.492 e. The number of aromatic nitrogens is 2. The van der Waals surface area contributed by atoms with Gasteiger partial charge < -0.3 is 9.47 Å². The van der Waals surface area contributed by atoms with Crippen LogP contribution in [0.1, 0.15) is 23.9 Å². The lowest BCUT2D eigenvalue weighted by Gasteiger charge is -2.16. The van der Waals surface area contributed by atoms with Crippen molar-refractivity contribution in [1.82, 2.24) is 14.5 Å². The maximum absolute atomic E-state index is 13.2. The fourth-order valence-corrected chi connectivity index (χ4v) is 4.20. The predicted octanol–water partition coefficient (Wildman–Crippen LogP) is 2.35. The van der Waals surface area contributed by atoms with Crippen molar-refractivity contribution in [2.45, 2.75) is 37.6 Å². The summed E-state index contributed by atoms with van der Waals surface area (Å²) in [5.74, 6) is 0.213. The van der Waals surface area contributed by atoms with Crippen molar-refractivity contribution in [2.75, 3.05) is 19.8 Å². The van der Waals surface area contributed by atoms with E-state index in [2.05, 4.69) is 9.82 Å². The molecule has 0 radical (unpaired) electrons. The first-order chi connectivity index (χ1) is 13.2. The number of ether oxygens (including phenoxy) is 2. The van der Waals surface area contributed by atoms with Crippen molar-refractivity contribution in [2.24, 2.45) is 0 Å². The number of fused-ring (bicyclic) bond motifs is 1. The van der Waals surface area contributed by atoms with E-state index in [0.29, 0.717) is 25.3 Å². The molecule has 1 aromatic carbocycles. The van der Waals surface area contributed by atoms with E-state index in [1.54, 1.807) is 19.1 Å². The SMILES string of the molecule is CCOc1ccccc1S(=O)(=O)NCCn1nc(C(F)(F)F)c2c1CCOC2. The molecule has 0 spiro atoms. The summed E-state index contributed by atoms with van der Waals surface area (Å²) in [6, 6.07) is 6.16. The highest BCUT2D eigenvalue weighted by Gasteiger charge is 2.39. The second kappa shape index (κ2) is 8.10. The van der Waals surface area contributed by atoms with Gasteiger partial charge >= 0.3 is 6.18 Å². The van der Waals surface area contributed by atoms with Crippen LogP contribution in [0, 0.1) is 0 Å². The first kappa shape index (κ1) is 20.6. The first-order valence-electron chi connectivity index (χ1n) is 8.69. The summed E-state index contributed by atoms with van der Waals surface area (Å²) in [5, 5.41) is 3.65. The van der Waals surface area contributed by atoms with Crippen molar-refractivity contribution < 1.29 is 31.1 Å². The summed E-state index contributed by atoms with van der Waals surface area (Å²) in [6.45, 7) is 2.03. The molecule has 3 rings (SSSR count). The number of rotatable bonds is 7. The van der Waals surface area contributed by atoms with Crippen molar-refractivity contribution in [3.05, 3.63) is 41.2 Å². The van der Waals surface area contributed by atoms with Gasteiger partial charge in [-0.1, -0.05) is 12.1 Å². The fraction of sp³-hybridized carbons (Fsp3) is 0.471. The number of halogens is 3. The fourth-order valence-electron chi connectivity index (χ4n) is 3.03. The van der Waals surface area contributed by atoms with Crippen molar-refractivity contribution in [3.8, 4) is 5.75 Å². The van der Waals surface area contributed by atoms with E-state index in [9.17, 15) is 21.6 Å². The predicted molar refractivity (Wildman–Crippen MR) is 93.4 cm³/mol. The summed E-state index contributed by atoms with van der Waals surface area (Å²) in [4.78, 5) is -0.0243. The van der Waals surface area contributed by atoms with Crippen LogP contribution in [0.5, 0.6) is 5.75 Å². The van der Waals surface area contributed by atoms with Crippen LogP contribution in [-0.2, 0) is 40.5 Å². The summed E-state index contributed by atoms with van der Waals surface area (Å²) in [5.41, 5.74) is -0.539. The van der Waals surface area contributed by atoms with Gasteiger partial charge in [0.2, 0.25) is 10.0 Å². The van der Waals surface area contributed by atoms with Crippen LogP contribution in [0.3, 0.4) is 0 Å². The Morgan fingerprint density at radius 2 is 2.07 bits per heavy atom. The molecule has 7 nitrogen and oxygen atoms in total. The molecule has 154 valence electrons. The Morgan fingerprint density at radius 3 is 2.79 bits per heavy atom. The second-order valence-electron chi connectivity index (χ2n) is 6.07. The number of hydrogen-bond donors (Lipinski definition) is 1. The molecule has 1 aliphatic rings. The van der Waals surface area contributed by atoms with Crippen LogP contribution >= 0.6 is 0 Å². The highest BCUT2D eigenvalue weighted by atomic mass is 32.2. The Labute approximate surface area is 160 Å². The Bertz CT molecular complexity index is 942. The zero-order valence-electron chi connectivity index (χ0n) is 15.1. The molecule has 0 saturated carbocycles. The van der Waals surface area contributed by atoms with Gasteiger partial charge in [-0.15, -0.1) is 0 Å². The quantitative estimate of drug-likeness (QED) is 0.745. The van der Waals surface area contributed by atoms with Gasteiger partial charge in [0.05, 0.1) is 26.4 Å². The van der Waals surface area contributed by atoms with Crippen LogP contribution < -0.4 is 9.46 Å². The molecule has 28 heavy (non-hydrogen) atoms. The molecule has 0 atom stereocenters. The van der Waals surface area contributed by atoms with Gasteiger partial charge in [-0.2, -0.15) is 18.3 Å². The molecular weight excluding hydrogens is 399 g/mol. The average Bonchev–Trinajstić information content (AvgIpc) is 3.02. The van der Waals surface area contributed by atoms with Gasteiger partial charge in [0, 0.05) is 24.2 Å². The summed E-state index contributed by atoms with van der Waals surface area (Å²) in [6.07, 6.45) is -4.30. The normalized spacial score (nSPS) is 14.7. The van der Waals surface area contributed by atoms with Crippen molar-refractivity contribution >= 4 is 10.0 Å². The number of sulfonamides is 1. The first-order valence-corrected chi connectivity index (χ1v) is 10.2. The summed E-state index contributed by atoms with van der Waals surface area (Å²) in [7, 11) is -3.89. The molecule has 1 aliphatic heterocycles. The number of nitrogens with zero attached hydrogens (tertiary/aromatic N) is 2. The zero-order chi connectivity index (χ0) is 20.4. The molecule has 1 N–H and O–H groups in total. The van der Waals surface area contributed by atoms with E-state index in [1.807, 2.05) is 0 Å². The van der Waals surface area contributed by atoms with Gasteiger partial charge in [0.15, 0.2) is 5.69 Å². The Hall–Kier alpha value is -2.11.